The summed E-state index contributed by atoms with van der Waals surface area (Å²) < 4.78 is 23.6. The smallest absolute Gasteiger partial charge is 0.211 e. The van der Waals surface area contributed by atoms with E-state index in [1.807, 2.05) is 0 Å². The van der Waals surface area contributed by atoms with Gasteiger partial charge in [-0.25, -0.2) is 8.42 Å². The van der Waals surface area contributed by atoms with Gasteiger partial charge in [-0.3, -0.25) is 0 Å². The van der Waals surface area contributed by atoms with E-state index in [-0.39, 0.29) is 0 Å². The highest BCUT2D eigenvalue weighted by atomic mass is 32.2. The molecule has 1 rings (SSSR count). The summed E-state index contributed by atoms with van der Waals surface area (Å²) in [7, 11) is -1.41. The Morgan fingerprint density at radius 2 is 1.67 bits per heavy atom. The zero-order valence-electron chi connectivity index (χ0n) is 7.36. The molecule has 1 fully saturated rings. The standard InChI is InChI=1S/C6H14N2O3S/c1-11-7-3-5-8(6-4-7)12(2,9)10/h3-6H2,1-2H3. The second-order valence-corrected chi connectivity index (χ2v) is 4.76. The minimum atomic E-state index is -3.01. The van der Waals surface area contributed by atoms with E-state index in [0.717, 1.165) is 0 Å². The molecule has 0 spiro atoms. The zero-order chi connectivity index (χ0) is 9.19. The van der Waals surface area contributed by atoms with E-state index in [4.69, 9.17) is 4.84 Å². The first-order valence-corrected chi connectivity index (χ1v) is 5.63. The molecule has 0 N–H and O–H groups in total. The Labute approximate surface area is 72.9 Å². The molecule has 0 aliphatic carbocycles. The van der Waals surface area contributed by atoms with Gasteiger partial charge in [0, 0.05) is 26.2 Å². The molecule has 1 aliphatic rings. The molecular formula is C6H14N2O3S. The van der Waals surface area contributed by atoms with E-state index in [9.17, 15) is 8.42 Å². The first kappa shape index (κ1) is 9.91. The van der Waals surface area contributed by atoms with Crippen molar-refractivity contribution in [1.29, 1.82) is 0 Å². The molecule has 1 saturated heterocycles. The maximum Gasteiger partial charge on any atom is 0.211 e. The van der Waals surface area contributed by atoms with Crippen LogP contribution >= 0.6 is 0 Å². The van der Waals surface area contributed by atoms with Crippen LogP contribution in [-0.4, -0.2) is 57.3 Å². The van der Waals surface area contributed by atoms with Crippen molar-refractivity contribution in [3.63, 3.8) is 0 Å². The molecule has 0 aromatic carbocycles. The van der Waals surface area contributed by atoms with Crippen LogP contribution < -0.4 is 0 Å². The Bertz CT molecular complexity index is 231. The number of hydroxylamine groups is 2. The predicted octanol–water partition coefficient (Wildman–Crippen LogP) is -0.875. The lowest BCUT2D eigenvalue weighted by molar-refractivity contribution is -0.144. The minimum absolute atomic E-state index is 0.521. The Kier molecular flexibility index (Phi) is 3.05. The van der Waals surface area contributed by atoms with Gasteiger partial charge in [0.1, 0.15) is 0 Å². The molecule has 0 radical (unpaired) electrons. The molecule has 0 aromatic rings. The Hall–Kier alpha value is -0.170. The topological polar surface area (TPSA) is 49.9 Å². The van der Waals surface area contributed by atoms with Gasteiger partial charge in [-0.15, -0.1) is 0 Å². The number of hydrogen-bond acceptors (Lipinski definition) is 4. The van der Waals surface area contributed by atoms with Crippen LogP contribution in [0.25, 0.3) is 0 Å². The lowest BCUT2D eigenvalue weighted by atomic mass is 10.4. The molecule has 0 aromatic heterocycles. The molecular weight excluding hydrogens is 180 g/mol. The summed E-state index contributed by atoms with van der Waals surface area (Å²) in [4.78, 5) is 4.96. The summed E-state index contributed by atoms with van der Waals surface area (Å²) in [6, 6.07) is 0. The Morgan fingerprint density at radius 3 is 2.00 bits per heavy atom. The van der Waals surface area contributed by atoms with Gasteiger partial charge in [0.05, 0.1) is 13.4 Å². The van der Waals surface area contributed by atoms with Gasteiger partial charge < -0.3 is 4.84 Å². The first-order valence-electron chi connectivity index (χ1n) is 3.78. The van der Waals surface area contributed by atoms with Gasteiger partial charge in [-0.05, 0) is 0 Å². The summed E-state index contributed by atoms with van der Waals surface area (Å²) in [5.41, 5.74) is 0. The summed E-state index contributed by atoms with van der Waals surface area (Å²) in [6.45, 7) is 2.33. The number of piperazine rings is 1. The summed E-state index contributed by atoms with van der Waals surface area (Å²) in [5.74, 6) is 0. The van der Waals surface area contributed by atoms with Crippen molar-refractivity contribution in [3.05, 3.63) is 0 Å². The fourth-order valence-corrected chi connectivity index (χ4v) is 2.01. The van der Waals surface area contributed by atoms with Gasteiger partial charge in [-0.2, -0.15) is 9.37 Å². The molecule has 0 unspecified atom stereocenters. The fourth-order valence-electron chi connectivity index (χ4n) is 1.18. The lowest BCUT2D eigenvalue weighted by Crippen LogP contribution is -2.47. The summed E-state index contributed by atoms with van der Waals surface area (Å²) in [5, 5.41) is 1.75. The van der Waals surface area contributed by atoms with Crippen molar-refractivity contribution in [3.8, 4) is 0 Å². The monoisotopic (exact) mass is 194 g/mol. The van der Waals surface area contributed by atoms with E-state index in [1.54, 1.807) is 12.2 Å². The second kappa shape index (κ2) is 3.69. The van der Waals surface area contributed by atoms with Crippen molar-refractivity contribution in [2.24, 2.45) is 0 Å². The minimum Gasteiger partial charge on any atom is -0.302 e. The molecule has 1 aliphatic heterocycles. The van der Waals surface area contributed by atoms with E-state index in [2.05, 4.69) is 0 Å². The van der Waals surface area contributed by atoms with Crippen molar-refractivity contribution >= 4 is 10.0 Å². The predicted molar refractivity (Wildman–Crippen MR) is 45.0 cm³/mol. The van der Waals surface area contributed by atoms with E-state index < -0.39 is 10.0 Å². The van der Waals surface area contributed by atoms with Crippen LogP contribution in [0, 0.1) is 0 Å². The molecule has 72 valence electrons. The highest BCUT2D eigenvalue weighted by molar-refractivity contribution is 7.88. The SMILES string of the molecule is CON1CCN(S(C)(=O)=O)CC1. The number of hydrogen-bond donors (Lipinski definition) is 0. The number of sulfonamides is 1. The molecule has 12 heavy (non-hydrogen) atoms. The van der Waals surface area contributed by atoms with Crippen LogP contribution in [0.3, 0.4) is 0 Å². The van der Waals surface area contributed by atoms with Crippen molar-refractivity contribution in [1.82, 2.24) is 9.37 Å². The van der Waals surface area contributed by atoms with Crippen LogP contribution in [0.2, 0.25) is 0 Å². The molecule has 5 nitrogen and oxygen atoms in total. The largest absolute Gasteiger partial charge is 0.302 e. The normalized spacial score (nSPS) is 22.8. The van der Waals surface area contributed by atoms with Gasteiger partial charge in [0.25, 0.3) is 0 Å². The Morgan fingerprint density at radius 1 is 1.17 bits per heavy atom. The first-order chi connectivity index (χ1) is 5.54. The number of rotatable bonds is 2. The highest BCUT2D eigenvalue weighted by Gasteiger charge is 2.22. The van der Waals surface area contributed by atoms with E-state index in [1.165, 1.54) is 10.6 Å². The van der Waals surface area contributed by atoms with Crippen LogP contribution in [0.5, 0.6) is 0 Å². The third kappa shape index (κ3) is 2.41. The van der Waals surface area contributed by atoms with E-state index in [0.29, 0.717) is 26.2 Å². The van der Waals surface area contributed by atoms with Crippen LogP contribution in [-0.2, 0) is 14.9 Å². The van der Waals surface area contributed by atoms with Gasteiger partial charge in [0.2, 0.25) is 10.0 Å². The zero-order valence-corrected chi connectivity index (χ0v) is 8.17. The molecule has 0 amide bonds. The average Bonchev–Trinajstić information content (AvgIpc) is 2.03. The Balaban J connectivity index is 2.47. The summed E-state index contributed by atoms with van der Waals surface area (Å²) in [6.07, 6.45) is 1.23. The third-order valence-electron chi connectivity index (χ3n) is 1.92. The van der Waals surface area contributed by atoms with E-state index >= 15 is 0 Å². The van der Waals surface area contributed by atoms with Gasteiger partial charge in [0.15, 0.2) is 0 Å². The van der Waals surface area contributed by atoms with Crippen molar-refractivity contribution < 1.29 is 13.3 Å². The van der Waals surface area contributed by atoms with Crippen molar-refractivity contribution in [2.45, 2.75) is 0 Å². The second-order valence-electron chi connectivity index (χ2n) is 2.77. The number of nitrogens with zero attached hydrogens (tertiary/aromatic N) is 2. The maximum atomic E-state index is 11.0. The van der Waals surface area contributed by atoms with Crippen LogP contribution in [0.1, 0.15) is 0 Å². The fraction of sp³-hybridized carbons (Fsp3) is 1.00. The lowest BCUT2D eigenvalue weighted by Gasteiger charge is -2.31. The quantitative estimate of drug-likeness (QED) is 0.573. The molecule has 1 heterocycles. The van der Waals surface area contributed by atoms with Crippen molar-refractivity contribution in [2.75, 3.05) is 39.5 Å². The van der Waals surface area contributed by atoms with Gasteiger partial charge in [-0.1, -0.05) is 0 Å². The highest BCUT2D eigenvalue weighted by Crippen LogP contribution is 2.04. The molecule has 0 saturated carbocycles. The summed E-state index contributed by atoms with van der Waals surface area (Å²) >= 11 is 0. The van der Waals surface area contributed by atoms with Crippen LogP contribution in [0.15, 0.2) is 0 Å². The average molecular weight is 194 g/mol. The maximum absolute atomic E-state index is 11.0. The third-order valence-corrected chi connectivity index (χ3v) is 3.23. The van der Waals surface area contributed by atoms with Crippen LogP contribution in [0.4, 0.5) is 0 Å². The van der Waals surface area contributed by atoms with Gasteiger partial charge >= 0.3 is 0 Å². The molecule has 0 bridgehead atoms. The molecule has 0 atom stereocenters. The molecule has 6 heteroatoms.